The van der Waals surface area contributed by atoms with Gasteiger partial charge in [-0.3, -0.25) is 4.79 Å². The molecule has 1 N–H and O–H groups in total. The maximum absolute atomic E-state index is 13.9. The first-order valence-corrected chi connectivity index (χ1v) is 10.3. The number of ether oxygens (including phenoxy) is 1. The molecule has 4 rings (SSSR count). The number of nitrogens with zero attached hydrogens (tertiary/aromatic N) is 2. The van der Waals surface area contributed by atoms with E-state index in [1.165, 1.54) is 17.4 Å². The second kappa shape index (κ2) is 8.56. The summed E-state index contributed by atoms with van der Waals surface area (Å²) in [6.45, 7) is 2.44. The molecule has 0 spiro atoms. The second-order valence-corrected chi connectivity index (χ2v) is 7.81. The van der Waals surface area contributed by atoms with Crippen molar-refractivity contribution in [1.29, 1.82) is 0 Å². The molecular formula is C21H22FN3O2S. The maximum Gasteiger partial charge on any atom is 0.223 e. The van der Waals surface area contributed by atoms with Crippen molar-refractivity contribution >= 4 is 32.6 Å². The number of carbonyl (C=O) groups excluding carboxylic acids is 1. The zero-order chi connectivity index (χ0) is 19.3. The number of piperidine rings is 1. The van der Waals surface area contributed by atoms with E-state index in [-0.39, 0.29) is 17.6 Å². The molecule has 0 aliphatic carbocycles. The number of carbonyl (C=O) groups is 1. The Hall–Kier alpha value is -2.67. The van der Waals surface area contributed by atoms with Gasteiger partial charge in [-0.1, -0.05) is 35.6 Å². The van der Waals surface area contributed by atoms with Crippen molar-refractivity contribution in [2.45, 2.75) is 12.8 Å². The zero-order valence-electron chi connectivity index (χ0n) is 15.4. The van der Waals surface area contributed by atoms with Crippen LogP contribution < -0.4 is 15.0 Å². The van der Waals surface area contributed by atoms with Gasteiger partial charge in [0.05, 0.1) is 11.2 Å². The van der Waals surface area contributed by atoms with Crippen LogP contribution in [-0.4, -0.2) is 37.1 Å². The van der Waals surface area contributed by atoms with Gasteiger partial charge in [-0.05, 0) is 37.1 Å². The van der Waals surface area contributed by atoms with Gasteiger partial charge in [-0.15, -0.1) is 0 Å². The molecular weight excluding hydrogens is 377 g/mol. The van der Waals surface area contributed by atoms with Crippen LogP contribution in [0.4, 0.5) is 9.52 Å². The number of anilines is 1. The fourth-order valence-electron chi connectivity index (χ4n) is 3.38. The Bertz CT molecular complexity index is 939. The Labute approximate surface area is 167 Å². The molecule has 0 radical (unpaired) electrons. The van der Waals surface area contributed by atoms with Crippen LogP contribution in [0.2, 0.25) is 0 Å². The third-order valence-corrected chi connectivity index (χ3v) is 5.99. The van der Waals surface area contributed by atoms with Gasteiger partial charge in [0.15, 0.2) is 5.13 Å². The van der Waals surface area contributed by atoms with Crippen LogP contribution in [0.15, 0.2) is 48.5 Å². The molecule has 28 heavy (non-hydrogen) atoms. The van der Waals surface area contributed by atoms with Crippen LogP contribution >= 0.6 is 11.3 Å². The highest BCUT2D eigenvalue weighted by atomic mass is 32.1. The average Bonchev–Trinajstić information content (AvgIpc) is 3.18. The number of aromatic nitrogens is 1. The van der Waals surface area contributed by atoms with Crippen LogP contribution in [0.25, 0.3) is 10.2 Å². The van der Waals surface area contributed by atoms with E-state index in [1.807, 2.05) is 36.4 Å². The number of fused-ring (bicyclic) bond motifs is 1. The fourth-order valence-corrected chi connectivity index (χ4v) is 4.41. The first kappa shape index (κ1) is 18.7. The van der Waals surface area contributed by atoms with Gasteiger partial charge in [0.25, 0.3) is 0 Å². The van der Waals surface area contributed by atoms with Crippen molar-refractivity contribution in [1.82, 2.24) is 10.3 Å². The standard InChI is InChI=1S/C21H22FN3O2S/c22-17-7-4-8-18-19(17)24-21(28-18)25-12-9-15(10-13-25)20(26)23-11-14-27-16-5-2-1-3-6-16/h1-8,15H,9-14H2,(H,23,26). The van der Waals surface area contributed by atoms with E-state index in [2.05, 4.69) is 15.2 Å². The van der Waals surface area contributed by atoms with Gasteiger partial charge in [-0.2, -0.15) is 0 Å². The minimum absolute atomic E-state index is 0.000843. The van der Waals surface area contributed by atoms with Crippen molar-refractivity contribution in [3.05, 3.63) is 54.3 Å². The van der Waals surface area contributed by atoms with Crippen LogP contribution in [-0.2, 0) is 4.79 Å². The lowest BCUT2D eigenvalue weighted by molar-refractivity contribution is -0.125. The Morgan fingerprint density at radius 2 is 1.96 bits per heavy atom. The molecule has 0 saturated carbocycles. The van der Waals surface area contributed by atoms with Crippen LogP contribution in [0.3, 0.4) is 0 Å². The van der Waals surface area contributed by atoms with Gasteiger partial charge < -0.3 is 15.0 Å². The van der Waals surface area contributed by atoms with Crippen LogP contribution in [0.5, 0.6) is 5.75 Å². The number of halogens is 1. The molecule has 146 valence electrons. The second-order valence-electron chi connectivity index (χ2n) is 6.80. The third-order valence-electron chi connectivity index (χ3n) is 4.91. The van der Waals surface area contributed by atoms with E-state index in [0.29, 0.717) is 18.7 Å². The molecule has 0 bridgehead atoms. The summed E-state index contributed by atoms with van der Waals surface area (Å²) >= 11 is 1.50. The van der Waals surface area contributed by atoms with E-state index in [4.69, 9.17) is 4.74 Å². The molecule has 0 unspecified atom stereocenters. The number of nitrogens with one attached hydrogen (secondary N) is 1. The summed E-state index contributed by atoms with van der Waals surface area (Å²) < 4.78 is 20.3. The lowest BCUT2D eigenvalue weighted by Crippen LogP contribution is -2.41. The third kappa shape index (κ3) is 4.25. The molecule has 1 amide bonds. The van der Waals surface area contributed by atoms with Crippen molar-refractivity contribution < 1.29 is 13.9 Å². The lowest BCUT2D eigenvalue weighted by Gasteiger charge is -2.31. The monoisotopic (exact) mass is 399 g/mol. The van der Waals surface area contributed by atoms with Gasteiger partial charge >= 0.3 is 0 Å². The summed E-state index contributed by atoms with van der Waals surface area (Å²) in [6, 6.07) is 14.6. The Kier molecular flexibility index (Phi) is 5.71. The molecule has 1 aromatic heterocycles. The summed E-state index contributed by atoms with van der Waals surface area (Å²) in [5, 5.41) is 3.79. The van der Waals surface area contributed by atoms with Gasteiger partial charge in [0.2, 0.25) is 5.91 Å². The van der Waals surface area contributed by atoms with E-state index >= 15 is 0 Å². The topological polar surface area (TPSA) is 54.5 Å². The zero-order valence-corrected chi connectivity index (χ0v) is 16.3. The highest BCUT2D eigenvalue weighted by Crippen LogP contribution is 2.32. The van der Waals surface area contributed by atoms with E-state index in [0.717, 1.165) is 41.5 Å². The predicted molar refractivity (Wildman–Crippen MR) is 109 cm³/mol. The van der Waals surface area contributed by atoms with E-state index in [9.17, 15) is 9.18 Å². The largest absolute Gasteiger partial charge is 0.492 e. The van der Waals surface area contributed by atoms with Gasteiger partial charge in [0.1, 0.15) is 23.7 Å². The normalized spacial score (nSPS) is 15.0. The van der Waals surface area contributed by atoms with Crippen LogP contribution in [0.1, 0.15) is 12.8 Å². The molecule has 1 fully saturated rings. The Balaban J connectivity index is 1.24. The number of benzene rings is 2. The summed E-state index contributed by atoms with van der Waals surface area (Å²) in [4.78, 5) is 19.0. The molecule has 2 heterocycles. The number of para-hydroxylation sites is 2. The van der Waals surface area contributed by atoms with Crippen molar-refractivity contribution in [2.24, 2.45) is 5.92 Å². The minimum Gasteiger partial charge on any atom is -0.492 e. The fraction of sp³-hybridized carbons (Fsp3) is 0.333. The molecule has 0 atom stereocenters. The number of hydrogen-bond acceptors (Lipinski definition) is 5. The average molecular weight is 399 g/mol. The quantitative estimate of drug-likeness (QED) is 0.640. The Morgan fingerprint density at radius 1 is 1.18 bits per heavy atom. The smallest absolute Gasteiger partial charge is 0.223 e. The predicted octanol–water partition coefficient (Wildman–Crippen LogP) is 3.85. The molecule has 5 nitrogen and oxygen atoms in total. The van der Waals surface area contributed by atoms with Crippen molar-refractivity contribution in [3.63, 3.8) is 0 Å². The summed E-state index contributed by atoms with van der Waals surface area (Å²) in [7, 11) is 0. The summed E-state index contributed by atoms with van der Waals surface area (Å²) in [5.74, 6) is 0.593. The number of rotatable bonds is 6. The van der Waals surface area contributed by atoms with Crippen LogP contribution in [0, 0.1) is 11.7 Å². The highest BCUT2D eigenvalue weighted by molar-refractivity contribution is 7.22. The SMILES string of the molecule is O=C(NCCOc1ccccc1)C1CCN(c2nc3c(F)cccc3s2)CC1. The molecule has 3 aromatic rings. The molecule has 7 heteroatoms. The van der Waals surface area contributed by atoms with E-state index in [1.54, 1.807) is 6.07 Å². The number of hydrogen-bond donors (Lipinski definition) is 1. The molecule has 2 aromatic carbocycles. The number of thiazole rings is 1. The minimum atomic E-state index is -0.285. The molecule has 1 aliphatic rings. The van der Waals surface area contributed by atoms with Crippen molar-refractivity contribution in [2.75, 3.05) is 31.1 Å². The lowest BCUT2D eigenvalue weighted by atomic mass is 9.96. The first-order valence-electron chi connectivity index (χ1n) is 9.46. The Morgan fingerprint density at radius 3 is 2.71 bits per heavy atom. The molecule has 1 aliphatic heterocycles. The van der Waals surface area contributed by atoms with E-state index < -0.39 is 0 Å². The van der Waals surface area contributed by atoms with Gasteiger partial charge in [-0.25, -0.2) is 9.37 Å². The first-order chi connectivity index (χ1) is 13.7. The summed E-state index contributed by atoms with van der Waals surface area (Å²) in [6.07, 6.45) is 1.54. The summed E-state index contributed by atoms with van der Waals surface area (Å²) in [5.41, 5.74) is 0.431. The van der Waals surface area contributed by atoms with Crippen molar-refractivity contribution in [3.8, 4) is 5.75 Å². The van der Waals surface area contributed by atoms with Gasteiger partial charge in [0, 0.05) is 19.0 Å². The number of amides is 1. The maximum atomic E-state index is 13.9. The highest BCUT2D eigenvalue weighted by Gasteiger charge is 2.26. The molecule has 1 saturated heterocycles.